The van der Waals surface area contributed by atoms with Gasteiger partial charge < -0.3 is 10.2 Å². The van der Waals surface area contributed by atoms with Gasteiger partial charge in [-0.1, -0.05) is 11.6 Å². The molecule has 1 aliphatic rings. The summed E-state index contributed by atoms with van der Waals surface area (Å²) in [6, 6.07) is 7.09. The van der Waals surface area contributed by atoms with Crippen molar-refractivity contribution in [1.29, 1.82) is 0 Å². The molecule has 1 saturated heterocycles. The van der Waals surface area contributed by atoms with Crippen LogP contribution in [0.4, 0.5) is 5.82 Å². The number of fused-ring (bicyclic) bond motifs is 1. The Morgan fingerprint density at radius 3 is 2.71 bits per heavy atom. The van der Waals surface area contributed by atoms with E-state index in [1.165, 1.54) is 0 Å². The molecule has 0 spiro atoms. The second kappa shape index (κ2) is 7.59. The second-order valence-electron chi connectivity index (χ2n) is 6.92. The lowest BCUT2D eigenvalue weighted by Crippen LogP contribution is -2.41. The Morgan fingerprint density at radius 2 is 2.00 bits per heavy atom. The Hall–Kier alpha value is -2.93. The van der Waals surface area contributed by atoms with Crippen LogP contribution >= 0.6 is 11.6 Å². The lowest BCUT2D eigenvalue weighted by molar-refractivity contribution is -0.121. The molecule has 3 aromatic heterocycles. The fourth-order valence-electron chi connectivity index (χ4n) is 3.52. The van der Waals surface area contributed by atoms with E-state index in [1.807, 2.05) is 13.0 Å². The first kappa shape index (κ1) is 18.4. The molecule has 0 bridgehead atoms. The number of likely N-dealkylation sites (tertiary alicyclic amines) is 1. The standard InChI is InChI=1S/C20H20ClN5O2/c1-13-18(26-12-16(21)4-5-17(26)23-13)24-19(27)14-6-9-25(10-7-14)20(28)15-3-2-8-22-11-15/h2-5,8,11-12,14H,6-7,9-10H2,1H3,(H,24,27). The number of halogens is 1. The number of nitrogens with one attached hydrogen (secondary N) is 1. The minimum absolute atomic E-state index is 0.0424. The summed E-state index contributed by atoms with van der Waals surface area (Å²) >= 11 is 6.08. The molecule has 0 radical (unpaired) electrons. The topological polar surface area (TPSA) is 79.6 Å². The molecule has 7 nitrogen and oxygen atoms in total. The van der Waals surface area contributed by atoms with E-state index in [9.17, 15) is 9.59 Å². The first-order valence-electron chi connectivity index (χ1n) is 9.17. The maximum atomic E-state index is 12.8. The molecule has 0 saturated carbocycles. The molecule has 28 heavy (non-hydrogen) atoms. The number of carbonyl (C=O) groups is 2. The number of rotatable bonds is 3. The van der Waals surface area contributed by atoms with Crippen LogP contribution in [0.1, 0.15) is 28.9 Å². The van der Waals surface area contributed by atoms with E-state index in [1.54, 1.807) is 46.1 Å². The van der Waals surface area contributed by atoms with Crippen LogP contribution in [0.5, 0.6) is 0 Å². The van der Waals surface area contributed by atoms with Gasteiger partial charge in [0.05, 0.1) is 16.3 Å². The number of hydrogen-bond donors (Lipinski definition) is 1. The third kappa shape index (κ3) is 3.57. The van der Waals surface area contributed by atoms with Crippen molar-refractivity contribution >= 4 is 34.9 Å². The summed E-state index contributed by atoms with van der Waals surface area (Å²) in [7, 11) is 0. The van der Waals surface area contributed by atoms with Crippen LogP contribution in [-0.4, -0.2) is 44.2 Å². The van der Waals surface area contributed by atoms with Crippen molar-refractivity contribution in [1.82, 2.24) is 19.3 Å². The Balaban J connectivity index is 1.42. The van der Waals surface area contributed by atoms with Crippen molar-refractivity contribution in [3.8, 4) is 0 Å². The third-order valence-electron chi connectivity index (χ3n) is 5.06. The molecule has 1 aliphatic heterocycles. The maximum absolute atomic E-state index is 12.8. The van der Waals surface area contributed by atoms with Crippen LogP contribution in [0.15, 0.2) is 42.9 Å². The van der Waals surface area contributed by atoms with Gasteiger partial charge in [-0.15, -0.1) is 0 Å². The highest BCUT2D eigenvalue weighted by atomic mass is 35.5. The van der Waals surface area contributed by atoms with E-state index in [-0.39, 0.29) is 17.7 Å². The Labute approximate surface area is 167 Å². The van der Waals surface area contributed by atoms with Crippen LogP contribution in [0, 0.1) is 12.8 Å². The van der Waals surface area contributed by atoms with Crippen molar-refractivity contribution < 1.29 is 9.59 Å². The normalized spacial score (nSPS) is 15.0. The summed E-state index contributed by atoms with van der Waals surface area (Å²) in [6.07, 6.45) is 6.19. The number of anilines is 1. The second-order valence-corrected chi connectivity index (χ2v) is 7.36. The van der Waals surface area contributed by atoms with Gasteiger partial charge in [0.1, 0.15) is 11.5 Å². The first-order valence-corrected chi connectivity index (χ1v) is 9.55. The molecule has 3 aromatic rings. The molecule has 8 heteroatoms. The largest absolute Gasteiger partial charge is 0.339 e. The Bertz CT molecular complexity index is 1030. The van der Waals surface area contributed by atoms with Gasteiger partial charge in [0.2, 0.25) is 5.91 Å². The number of imidazole rings is 1. The minimum atomic E-state index is -0.151. The zero-order valence-corrected chi connectivity index (χ0v) is 16.2. The van der Waals surface area contributed by atoms with Crippen molar-refractivity contribution in [2.24, 2.45) is 5.92 Å². The van der Waals surface area contributed by atoms with Gasteiger partial charge in [0, 0.05) is 37.6 Å². The Kier molecular flexibility index (Phi) is 5.00. The highest BCUT2D eigenvalue weighted by Gasteiger charge is 2.28. The molecule has 0 aromatic carbocycles. The molecule has 4 rings (SSSR count). The molecule has 0 unspecified atom stereocenters. The fourth-order valence-corrected chi connectivity index (χ4v) is 3.68. The molecule has 144 valence electrons. The Morgan fingerprint density at radius 1 is 1.21 bits per heavy atom. The van der Waals surface area contributed by atoms with Crippen LogP contribution in [0.2, 0.25) is 5.02 Å². The zero-order valence-electron chi connectivity index (χ0n) is 15.4. The number of nitrogens with zero attached hydrogens (tertiary/aromatic N) is 4. The van der Waals surface area contributed by atoms with E-state index in [4.69, 9.17) is 11.6 Å². The minimum Gasteiger partial charge on any atom is -0.339 e. The summed E-state index contributed by atoms with van der Waals surface area (Å²) in [6.45, 7) is 2.94. The van der Waals surface area contributed by atoms with Gasteiger partial charge in [-0.3, -0.25) is 19.0 Å². The lowest BCUT2D eigenvalue weighted by atomic mass is 9.95. The first-order chi connectivity index (χ1) is 13.5. The van der Waals surface area contributed by atoms with Gasteiger partial charge >= 0.3 is 0 Å². The monoisotopic (exact) mass is 397 g/mol. The third-order valence-corrected chi connectivity index (χ3v) is 5.28. The van der Waals surface area contributed by atoms with Crippen LogP contribution < -0.4 is 5.32 Å². The van der Waals surface area contributed by atoms with E-state index < -0.39 is 0 Å². The van der Waals surface area contributed by atoms with Gasteiger partial charge in [0.15, 0.2) is 0 Å². The summed E-state index contributed by atoms with van der Waals surface area (Å²) < 4.78 is 1.79. The SMILES string of the molecule is Cc1nc2ccc(Cl)cn2c1NC(=O)C1CCN(C(=O)c2cccnc2)CC1. The number of aromatic nitrogens is 3. The number of aryl methyl sites for hydroxylation is 1. The lowest BCUT2D eigenvalue weighted by Gasteiger charge is -2.31. The summed E-state index contributed by atoms with van der Waals surface area (Å²) in [5, 5.41) is 3.57. The number of hydrogen-bond acceptors (Lipinski definition) is 4. The van der Waals surface area contributed by atoms with E-state index in [0.717, 1.165) is 11.3 Å². The summed E-state index contributed by atoms with van der Waals surface area (Å²) in [5.41, 5.74) is 2.04. The number of amides is 2. The predicted octanol–water partition coefficient (Wildman–Crippen LogP) is 3.18. The maximum Gasteiger partial charge on any atom is 0.255 e. The van der Waals surface area contributed by atoms with E-state index in [0.29, 0.717) is 42.3 Å². The number of pyridine rings is 2. The highest BCUT2D eigenvalue weighted by molar-refractivity contribution is 6.30. The molecule has 2 amide bonds. The van der Waals surface area contributed by atoms with Gasteiger partial charge in [-0.25, -0.2) is 4.98 Å². The molecule has 4 heterocycles. The van der Waals surface area contributed by atoms with Crippen molar-refractivity contribution in [2.45, 2.75) is 19.8 Å². The molecule has 0 atom stereocenters. The number of carbonyl (C=O) groups excluding carboxylic acids is 2. The molecule has 1 N–H and O–H groups in total. The molecular weight excluding hydrogens is 378 g/mol. The smallest absolute Gasteiger partial charge is 0.255 e. The van der Waals surface area contributed by atoms with Crippen molar-refractivity contribution in [3.63, 3.8) is 0 Å². The summed E-state index contributed by atoms with van der Waals surface area (Å²) in [5.74, 6) is 0.385. The summed E-state index contributed by atoms with van der Waals surface area (Å²) in [4.78, 5) is 35.5. The zero-order chi connectivity index (χ0) is 19.7. The van der Waals surface area contributed by atoms with Crippen LogP contribution in [0.25, 0.3) is 5.65 Å². The average Bonchev–Trinajstić information content (AvgIpc) is 3.03. The van der Waals surface area contributed by atoms with Gasteiger partial charge in [0.25, 0.3) is 5.91 Å². The van der Waals surface area contributed by atoms with Gasteiger partial charge in [-0.05, 0) is 44.0 Å². The predicted molar refractivity (Wildman–Crippen MR) is 106 cm³/mol. The highest BCUT2D eigenvalue weighted by Crippen LogP contribution is 2.24. The van der Waals surface area contributed by atoms with Crippen molar-refractivity contribution in [2.75, 3.05) is 18.4 Å². The average molecular weight is 398 g/mol. The quantitative estimate of drug-likeness (QED) is 0.736. The van der Waals surface area contributed by atoms with E-state index in [2.05, 4.69) is 15.3 Å². The van der Waals surface area contributed by atoms with Crippen LogP contribution in [-0.2, 0) is 4.79 Å². The van der Waals surface area contributed by atoms with Crippen molar-refractivity contribution in [3.05, 3.63) is 59.1 Å². The van der Waals surface area contributed by atoms with Gasteiger partial charge in [-0.2, -0.15) is 0 Å². The molecule has 1 fully saturated rings. The van der Waals surface area contributed by atoms with E-state index >= 15 is 0 Å². The number of piperidine rings is 1. The molecular formula is C20H20ClN5O2. The molecule has 0 aliphatic carbocycles. The fraction of sp³-hybridized carbons (Fsp3) is 0.300. The van der Waals surface area contributed by atoms with Crippen LogP contribution in [0.3, 0.4) is 0 Å².